The Morgan fingerprint density at radius 2 is 1.89 bits per heavy atom. The van der Waals surface area contributed by atoms with Crippen LogP contribution in [0.5, 0.6) is 5.88 Å². The Bertz CT molecular complexity index is 1070. The molecule has 0 amide bonds. The first-order valence-corrected chi connectivity index (χ1v) is 12.8. The maximum atomic E-state index is 15.0. The van der Waals surface area contributed by atoms with Crippen LogP contribution in [0, 0.1) is 18.2 Å². The number of carboxylic acids is 1. The molecule has 0 spiro atoms. The van der Waals surface area contributed by atoms with Gasteiger partial charge in [-0.1, -0.05) is 27.2 Å². The van der Waals surface area contributed by atoms with Crippen molar-refractivity contribution in [3.8, 4) is 17.0 Å². The minimum atomic E-state index is -1.23. The molecule has 1 atom stereocenters. The lowest BCUT2D eigenvalue weighted by Gasteiger charge is -2.40. The molecule has 3 heterocycles. The fourth-order valence-corrected chi connectivity index (χ4v) is 4.39. The average molecular weight is 502 g/mol. The molecule has 1 aliphatic rings. The van der Waals surface area contributed by atoms with E-state index >= 15 is 0 Å². The van der Waals surface area contributed by atoms with Crippen LogP contribution in [0.3, 0.4) is 0 Å². The van der Waals surface area contributed by atoms with Crippen molar-refractivity contribution in [3.05, 3.63) is 35.5 Å². The zero-order valence-electron chi connectivity index (χ0n) is 22.7. The fraction of sp³-hybridized carbons (Fsp3) is 0.607. The quantitative estimate of drug-likeness (QED) is 0.402. The number of carbonyl (C=O) groups is 1. The van der Waals surface area contributed by atoms with Crippen molar-refractivity contribution >= 4 is 11.7 Å². The number of hydrogen-bond acceptors (Lipinski definition) is 6. The minimum absolute atomic E-state index is 0.0340. The van der Waals surface area contributed by atoms with E-state index < -0.39 is 23.5 Å². The van der Waals surface area contributed by atoms with Gasteiger partial charge in [0.15, 0.2) is 11.9 Å². The lowest BCUT2D eigenvalue weighted by Crippen LogP contribution is -2.39. The van der Waals surface area contributed by atoms with E-state index in [1.165, 1.54) is 6.07 Å². The Hall–Kier alpha value is -2.74. The van der Waals surface area contributed by atoms with E-state index in [0.717, 1.165) is 44.5 Å². The summed E-state index contributed by atoms with van der Waals surface area (Å²) in [7, 11) is 0. The molecule has 0 saturated carbocycles. The van der Waals surface area contributed by atoms with Gasteiger partial charge in [0, 0.05) is 47.9 Å². The third-order valence-electron chi connectivity index (χ3n) is 6.53. The second-order valence-electron chi connectivity index (χ2n) is 11.3. The van der Waals surface area contributed by atoms with Gasteiger partial charge >= 0.3 is 5.97 Å². The maximum Gasteiger partial charge on any atom is 0.337 e. The van der Waals surface area contributed by atoms with E-state index in [0.29, 0.717) is 29.0 Å². The molecule has 1 unspecified atom stereocenters. The van der Waals surface area contributed by atoms with Crippen LogP contribution < -0.4 is 9.64 Å². The molecule has 0 bridgehead atoms. The summed E-state index contributed by atoms with van der Waals surface area (Å²) in [6.07, 6.45) is 5.67. The second kappa shape index (κ2) is 11.1. The first-order chi connectivity index (χ1) is 16.8. The predicted octanol–water partition coefficient (Wildman–Crippen LogP) is 6.34. The number of carboxylic acid groups (broad SMARTS) is 1. The molecule has 1 saturated heterocycles. The lowest BCUT2D eigenvalue weighted by atomic mass is 9.82. The molecular formula is C28H40FN3O4. The maximum absolute atomic E-state index is 15.0. The molecular weight excluding hydrogens is 461 g/mol. The van der Waals surface area contributed by atoms with Crippen LogP contribution in [0.4, 0.5) is 10.1 Å². The molecule has 7 nitrogen and oxygen atoms in total. The molecule has 3 rings (SSSR count). The van der Waals surface area contributed by atoms with Gasteiger partial charge in [-0.25, -0.2) is 14.2 Å². The zero-order chi connectivity index (χ0) is 26.7. The summed E-state index contributed by atoms with van der Waals surface area (Å²) in [5.74, 6) is -1.68. The smallest absolute Gasteiger partial charge is 0.337 e. The van der Waals surface area contributed by atoms with Crippen LogP contribution in [-0.4, -0.2) is 46.3 Å². The van der Waals surface area contributed by atoms with E-state index in [-0.39, 0.29) is 11.3 Å². The van der Waals surface area contributed by atoms with Gasteiger partial charge in [0.05, 0.1) is 17.9 Å². The first kappa shape index (κ1) is 27.8. The number of aryl methyl sites for hydroxylation is 1. The zero-order valence-corrected chi connectivity index (χ0v) is 22.7. The topological polar surface area (TPSA) is 84.8 Å². The van der Waals surface area contributed by atoms with E-state index in [1.54, 1.807) is 19.3 Å². The number of aliphatic carboxylic acids is 1. The summed E-state index contributed by atoms with van der Waals surface area (Å²) in [6.45, 7) is 15.7. The van der Waals surface area contributed by atoms with Gasteiger partial charge in [0.2, 0.25) is 5.88 Å². The number of piperidine rings is 1. The summed E-state index contributed by atoms with van der Waals surface area (Å²) in [5.41, 5.74) is 2.43. The minimum Gasteiger partial charge on any atom is -0.479 e. The Labute approximate surface area is 214 Å². The Morgan fingerprint density at radius 3 is 2.44 bits per heavy atom. The highest BCUT2D eigenvalue weighted by Crippen LogP contribution is 2.43. The monoisotopic (exact) mass is 501 g/mol. The summed E-state index contributed by atoms with van der Waals surface area (Å²) in [5, 5.41) is 10.2. The highest BCUT2D eigenvalue weighted by atomic mass is 19.1. The summed E-state index contributed by atoms with van der Waals surface area (Å²) in [4.78, 5) is 23.4. The molecule has 198 valence electrons. The average Bonchev–Trinajstić information content (AvgIpc) is 2.78. The highest BCUT2D eigenvalue weighted by Gasteiger charge is 2.36. The van der Waals surface area contributed by atoms with Crippen molar-refractivity contribution in [2.24, 2.45) is 5.41 Å². The number of hydrogen-bond donors (Lipinski definition) is 1. The van der Waals surface area contributed by atoms with Gasteiger partial charge in [-0.05, 0) is 58.4 Å². The van der Waals surface area contributed by atoms with Gasteiger partial charge in [0.1, 0.15) is 0 Å². The number of halogens is 1. The van der Waals surface area contributed by atoms with E-state index in [1.807, 2.05) is 27.7 Å². The third kappa shape index (κ3) is 6.72. The van der Waals surface area contributed by atoms with Crippen molar-refractivity contribution in [1.82, 2.24) is 9.97 Å². The Kier molecular flexibility index (Phi) is 8.59. The van der Waals surface area contributed by atoms with Crippen LogP contribution in [-0.2, 0) is 9.53 Å². The lowest BCUT2D eigenvalue weighted by molar-refractivity contribution is -0.160. The van der Waals surface area contributed by atoms with Gasteiger partial charge in [-0.3, -0.25) is 4.98 Å². The van der Waals surface area contributed by atoms with Crippen LogP contribution >= 0.6 is 0 Å². The number of ether oxygens (including phenoxy) is 2. The summed E-state index contributed by atoms with van der Waals surface area (Å²) in [6, 6.07) is 1.39. The third-order valence-corrected chi connectivity index (χ3v) is 6.53. The van der Waals surface area contributed by atoms with Crippen molar-refractivity contribution in [2.75, 3.05) is 24.6 Å². The molecule has 2 aromatic heterocycles. The molecule has 0 aromatic carbocycles. The molecule has 1 fully saturated rings. The predicted molar refractivity (Wildman–Crippen MR) is 139 cm³/mol. The van der Waals surface area contributed by atoms with Crippen LogP contribution in [0.25, 0.3) is 11.1 Å². The van der Waals surface area contributed by atoms with Gasteiger partial charge in [-0.2, -0.15) is 0 Å². The molecule has 0 aliphatic carbocycles. The largest absolute Gasteiger partial charge is 0.479 e. The Balaban J connectivity index is 2.16. The number of rotatable bonds is 9. The number of pyridine rings is 2. The number of aromatic nitrogens is 2. The normalized spacial score (nSPS) is 16.6. The van der Waals surface area contributed by atoms with Crippen LogP contribution in [0.2, 0.25) is 0 Å². The molecule has 36 heavy (non-hydrogen) atoms. The van der Waals surface area contributed by atoms with Crippen molar-refractivity contribution in [1.29, 1.82) is 0 Å². The second-order valence-corrected chi connectivity index (χ2v) is 11.3. The first-order valence-electron chi connectivity index (χ1n) is 12.8. The standard InChI is InChI=1S/C28H40FN3O4/c1-8-9-14-35-25-21(29)15-19(16-31-25)20-17-30-18(2)22(24(26(33)34)36-27(3,4)5)23(20)32-12-10-28(6,7)11-13-32/h15-17,24H,8-14H2,1-7H3,(H,33,34). The van der Waals surface area contributed by atoms with Gasteiger partial charge in [0.25, 0.3) is 0 Å². The fourth-order valence-electron chi connectivity index (χ4n) is 4.39. The van der Waals surface area contributed by atoms with Crippen molar-refractivity contribution in [3.63, 3.8) is 0 Å². The van der Waals surface area contributed by atoms with E-state index in [4.69, 9.17) is 9.47 Å². The Morgan fingerprint density at radius 1 is 1.22 bits per heavy atom. The van der Waals surface area contributed by atoms with Crippen LogP contribution in [0.15, 0.2) is 18.5 Å². The summed E-state index contributed by atoms with van der Waals surface area (Å²) < 4.78 is 26.5. The van der Waals surface area contributed by atoms with Gasteiger partial charge in [-0.15, -0.1) is 0 Å². The van der Waals surface area contributed by atoms with Crippen molar-refractivity contribution in [2.45, 2.75) is 85.9 Å². The number of nitrogens with zero attached hydrogens (tertiary/aromatic N) is 3. The SMILES string of the molecule is CCCCOc1ncc(-c2cnc(C)c(C(OC(C)(C)C)C(=O)O)c2N2CCC(C)(C)CC2)cc1F. The van der Waals surface area contributed by atoms with E-state index in [9.17, 15) is 14.3 Å². The number of unbranched alkanes of at least 4 members (excludes halogenated alkanes) is 1. The molecule has 0 radical (unpaired) electrons. The van der Waals surface area contributed by atoms with Crippen molar-refractivity contribution < 1.29 is 23.8 Å². The summed E-state index contributed by atoms with van der Waals surface area (Å²) >= 11 is 0. The molecule has 1 N–H and O–H groups in total. The molecule has 8 heteroatoms. The van der Waals surface area contributed by atoms with E-state index in [2.05, 4.69) is 28.7 Å². The van der Waals surface area contributed by atoms with Crippen LogP contribution in [0.1, 0.15) is 84.6 Å². The number of anilines is 1. The molecule has 1 aliphatic heterocycles. The van der Waals surface area contributed by atoms with Gasteiger partial charge < -0.3 is 19.5 Å². The molecule has 2 aromatic rings. The highest BCUT2D eigenvalue weighted by molar-refractivity contribution is 5.86.